The quantitative estimate of drug-likeness (QED) is 0.721. The van der Waals surface area contributed by atoms with Gasteiger partial charge in [0.1, 0.15) is 5.75 Å². The Morgan fingerprint density at radius 3 is 2.43 bits per heavy atom. The van der Waals surface area contributed by atoms with Crippen molar-refractivity contribution in [3.8, 4) is 5.75 Å². The summed E-state index contributed by atoms with van der Waals surface area (Å²) in [6.07, 6.45) is 1.95. The third kappa shape index (κ3) is 4.49. The van der Waals surface area contributed by atoms with Crippen LogP contribution in [0.25, 0.3) is 0 Å². The first-order valence-corrected chi connectivity index (χ1v) is 11.3. The minimum Gasteiger partial charge on any atom is -0.496 e. The Labute approximate surface area is 169 Å². The van der Waals surface area contributed by atoms with E-state index in [9.17, 15) is 13.2 Å². The van der Waals surface area contributed by atoms with Gasteiger partial charge in [0.15, 0.2) is 0 Å². The molecule has 1 aliphatic heterocycles. The van der Waals surface area contributed by atoms with Crippen LogP contribution >= 0.6 is 11.8 Å². The summed E-state index contributed by atoms with van der Waals surface area (Å²) in [6, 6.07) is 11.5. The fourth-order valence-electron chi connectivity index (χ4n) is 2.83. The molecule has 0 saturated carbocycles. The van der Waals surface area contributed by atoms with Crippen molar-refractivity contribution in [2.45, 2.75) is 9.79 Å². The molecule has 28 heavy (non-hydrogen) atoms. The number of ether oxygens (including phenoxy) is 2. The van der Waals surface area contributed by atoms with Crippen molar-refractivity contribution in [2.75, 3.05) is 45.0 Å². The van der Waals surface area contributed by atoms with Gasteiger partial charge >= 0.3 is 0 Å². The van der Waals surface area contributed by atoms with Crippen molar-refractivity contribution in [1.29, 1.82) is 0 Å². The summed E-state index contributed by atoms with van der Waals surface area (Å²) in [5, 5.41) is 2.77. The van der Waals surface area contributed by atoms with E-state index in [4.69, 9.17) is 9.47 Å². The molecule has 3 rings (SSSR count). The van der Waals surface area contributed by atoms with Gasteiger partial charge in [0.2, 0.25) is 10.0 Å². The van der Waals surface area contributed by atoms with E-state index in [-0.39, 0.29) is 10.8 Å². The highest BCUT2D eigenvalue weighted by Crippen LogP contribution is 2.26. The smallest absolute Gasteiger partial charge is 0.259 e. The molecule has 1 saturated heterocycles. The highest BCUT2D eigenvalue weighted by Gasteiger charge is 2.26. The number of sulfonamides is 1. The summed E-state index contributed by atoms with van der Waals surface area (Å²) < 4.78 is 37.2. The first kappa shape index (κ1) is 20.7. The average Bonchev–Trinajstić information content (AvgIpc) is 2.74. The minimum absolute atomic E-state index is 0.189. The van der Waals surface area contributed by atoms with Crippen molar-refractivity contribution in [3.63, 3.8) is 0 Å². The van der Waals surface area contributed by atoms with Gasteiger partial charge in [-0.05, 0) is 48.7 Å². The van der Waals surface area contributed by atoms with Gasteiger partial charge < -0.3 is 14.8 Å². The van der Waals surface area contributed by atoms with E-state index in [1.54, 1.807) is 36.0 Å². The molecule has 9 heteroatoms. The van der Waals surface area contributed by atoms with Crippen molar-refractivity contribution in [1.82, 2.24) is 4.31 Å². The summed E-state index contributed by atoms with van der Waals surface area (Å²) in [6.45, 7) is 1.47. The van der Waals surface area contributed by atoms with Crippen LogP contribution in [0.15, 0.2) is 52.3 Å². The molecule has 1 fully saturated rings. The third-order valence-electron chi connectivity index (χ3n) is 4.37. The normalized spacial score (nSPS) is 15.2. The zero-order valence-electron chi connectivity index (χ0n) is 15.7. The van der Waals surface area contributed by atoms with Gasteiger partial charge in [-0.15, -0.1) is 11.8 Å². The Balaban J connectivity index is 1.75. The fourth-order valence-corrected chi connectivity index (χ4v) is 4.67. The van der Waals surface area contributed by atoms with Crippen molar-refractivity contribution in [2.24, 2.45) is 0 Å². The maximum absolute atomic E-state index is 12.7. The van der Waals surface area contributed by atoms with Crippen LogP contribution in [0.4, 0.5) is 5.69 Å². The van der Waals surface area contributed by atoms with Crippen molar-refractivity contribution >= 4 is 33.4 Å². The number of morpholine rings is 1. The number of carbonyl (C=O) groups is 1. The number of amides is 1. The Hall–Kier alpha value is -2.07. The molecule has 0 radical (unpaired) electrons. The largest absolute Gasteiger partial charge is 0.496 e. The molecule has 1 amide bonds. The molecule has 0 bridgehead atoms. The Morgan fingerprint density at radius 2 is 1.82 bits per heavy atom. The minimum atomic E-state index is -3.56. The highest BCUT2D eigenvalue weighted by atomic mass is 32.2. The Morgan fingerprint density at radius 1 is 1.14 bits per heavy atom. The molecule has 7 nitrogen and oxygen atoms in total. The van der Waals surface area contributed by atoms with Crippen molar-refractivity contribution in [3.05, 3.63) is 48.0 Å². The number of carbonyl (C=O) groups excluding carboxylic acids is 1. The molecule has 0 atom stereocenters. The number of nitrogens with zero attached hydrogens (tertiary/aromatic N) is 1. The molecule has 150 valence electrons. The maximum atomic E-state index is 12.7. The van der Waals surface area contributed by atoms with E-state index in [2.05, 4.69) is 5.32 Å². The zero-order chi connectivity index (χ0) is 20.1. The topological polar surface area (TPSA) is 84.9 Å². The number of methoxy groups -OCH3 is 1. The van der Waals surface area contributed by atoms with Crippen LogP contribution in [0.2, 0.25) is 0 Å². The lowest BCUT2D eigenvalue weighted by atomic mass is 10.2. The van der Waals surface area contributed by atoms with Gasteiger partial charge in [0.05, 0.1) is 30.8 Å². The van der Waals surface area contributed by atoms with Crippen LogP contribution in [0.5, 0.6) is 5.75 Å². The van der Waals surface area contributed by atoms with E-state index in [1.807, 2.05) is 12.3 Å². The molecule has 2 aromatic carbocycles. The van der Waals surface area contributed by atoms with Gasteiger partial charge in [-0.1, -0.05) is 0 Å². The number of nitrogens with one attached hydrogen (secondary N) is 1. The molecule has 0 aromatic heterocycles. The second-order valence-corrected chi connectivity index (χ2v) is 8.88. The number of thioether (sulfide) groups is 1. The van der Waals surface area contributed by atoms with Crippen molar-refractivity contribution < 1.29 is 22.7 Å². The second kappa shape index (κ2) is 8.95. The standard InChI is InChI=1S/C19H22N2O5S2/c1-25-18-13-15(27-2)5-8-17(18)19(22)20-14-3-6-16(7-4-14)28(23,24)21-9-11-26-12-10-21/h3-8,13H,9-12H2,1-2H3,(H,20,22). The van der Waals surface area contributed by atoms with E-state index < -0.39 is 10.0 Å². The monoisotopic (exact) mass is 422 g/mol. The zero-order valence-corrected chi connectivity index (χ0v) is 17.3. The molecule has 2 aromatic rings. The number of rotatable bonds is 6. The van der Waals surface area contributed by atoms with Crippen LogP contribution in [-0.2, 0) is 14.8 Å². The summed E-state index contributed by atoms with van der Waals surface area (Å²) in [7, 11) is -2.04. The number of benzene rings is 2. The lowest BCUT2D eigenvalue weighted by molar-refractivity contribution is 0.0730. The van der Waals surface area contributed by atoms with Gasteiger partial charge in [-0.3, -0.25) is 4.79 Å². The molecule has 0 spiro atoms. The van der Waals surface area contributed by atoms with Crippen LogP contribution in [0.1, 0.15) is 10.4 Å². The molecular weight excluding hydrogens is 400 g/mol. The Kier molecular flexibility index (Phi) is 6.61. The number of hydrogen-bond donors (Lipinski definition) is 1. The van der Waals surface area contributed by atoms with E-state index >= 15 is 0 Å². The maximum Gasteiger partial charge on any atom is 0.259 e. The number of anilines is 1. The fraction of sp³-hybridized carbons (Fsp3) is 0.316. The molecule has 1 N–H and O–H groups in total. The summed E-state index contributed by atoms with van der Waals surface area (Å²) in [4.78, 5) is 13.8. The third-order valence-corrected chi connectivity index (χ3v) is 7.01. The van der Waals surface area contributed by atoms with E-state index in [0.717, 1.165) is 4.90 Å². The van der Waals surface area contributed by atoms with Crippen LogP contribution in [-0.4, -0.2) is 58.3 Å². The van der Waals surface area contributed by atoms with Crippen LogP contribution in [0.3, 0.4) is 0 Å². The molecule has 0 aliphatic carbocycles. The van der Waals surface area contributed by atoms with E-state index in [0.29, 0.717) is 43.3 Å². The summed E-state index contributed by atoms with van der Waals surface area (Å²) in [5.41, 5.74) is 0.909. The molecule has 1 heterocycles. The Bertz CT molecular complexity index is 939. The number of hydrogen-bond acceptors (Lipinski definition) is 6. The van der Waals surface area contributed by atoms with Gasteiger partial charge in [0.25, 0.3) is 5.91 Å². The summed E-state index contributed by atoms with van der Waals surface area (Å²) >= 11 is 1.56. The van der Waals surface area contributed by atoms with E-state index in [1.165, 1.54) is 23.5 Å². The van der Waals surface area contributed by atoms with Gasteiger partial charge in [0, 0.05) is 23.7 Å². The first-order valence-electron chi connectivity index (χ1n) is 8.67. The molecular formula is C19H22N2O5S2. The predicted molar refractivity (Wildman–Crippen MR) is 109 cm³/mol. The first-order chi connectivity index (χ1) is 13.5. The SMILES string of the molecule is COc1cc(SC)ccc1C(=O)Nc1ccc(S(=O)(=O)N2CCOCC2)cc1. The summed E-state index contributed by atoms with van der Waals surface area (Å²) in [5.74, 6) is 0.157. The molecule has 1 aliphatic rings. The second-order valence-electron chi connectivity index (χ2n) is 6.06. The van der Waals surface area contributed by atoms with Gasteiger partial charge in [-0.25, -0.2) is 8.42 Å². The lowest BCUT2D eigenvalue weighted by Gasteiger charge is -2.26. The lowest BCUT2D eigenvalue weighted by Crippen LogP contribution is -2.40. The molecule has 0 unspecified atom stereocenters. The van der Waals surface area contributed by atoms with Crippen LogP contribution in [0, 0.1) is 0 Å². The van der Waals surface area contributed by atoms with Crippen LogP contribution < -0.4 is 10.1 Å². The van der Waals surface area contributed by atoms with Gasteiger partial charge in [-0.2, -0.15) is 4.31 Å². The average molecular weight is 423 g/mol. The predicted octanol–water partition coefficient (Wildman–Crippen LogP) is 2.69. The highest BCUT2D eigenvalue weighted by molar-refractivity contribution is 7.98.